The molecule has 2 aromatic heterocycles. The van der Waals surface area contributed by atoms with Gasteiger partial charge in [-0.25, -0.2) is 0 Å². The van der Waals surface area contributed by atoms with Gasteiger partial charge in [-0.2, -0.15) is 5.10 Å². The molecule has 0 atom stereocenters. The number of hydrogen-bond acceptors (Lipinski definition) is 2. The third-order valence-electron chi connectivity index (χ3n) is 3.48. The number of H-pyrrole nitrogens is 2. The number of pyridine rings is 1. The van der Waals surface area contributed by atoms with Gasteiger partial charge in [-0.3, -0.25) is 9.89 Å². The molecule has 2 N–H and O–H groups in total. The van der Waals surface area contributed by atoms with Crippen LogP contribution in [0.5, 0.6) is 0 Å². The van der Waals surface area contributed by atoms with E-state index in [1.54, 1.807) is 6.07 Å². The molecule has 0 radical (unpaired) electrons. The van der Waals surface area contributed by atoms with Gasteiger partial charge in [0.25, 0.3) is 0 Å². The van der Waals surface area contributed by atoms with Gasteiger partial charge in [-0.15, -0.1) is 12.4 Å². The van der Waals surface area contributed by atoms with Crippen LogP contribution in [0.2, 0.25) is 0 Å². The number of rotatable bonds is 2. The Labute approximate surface area is 126 Å². The molecular weight excluding hydrogens is 286 g/mol. The van der Waals surface area contributed by atoms with Gasteiger partial charge in [-0.1, -0.05) is 48.6 Å². The van der Waals surface area contributed by atoms with E-state index in [1.165, 1.54) is 0 Å². The largest absolute Gasteiger partial charge is 0.305 e. The molecule has 1 aromatic carbocycles. The van der Waals surface area contributed by atoms with Gasteiger partial charge in [0.15, 0.2) is 5.65 Å². The topological polar surface area (TPSA) is 61.5 Å². The summed E-state index contributed by atoms with van der Waals surface area (Å²) in [6.45, 7) is 0. The number of halogens is 1. The van der Waals surface area contributed by atoms with Crippen LogP contribution in [0, 0.1) is 0 Å². The number of aromatic nitrogens is 3. The van der Waals surface area contributed by atoms with E-state index in [4.69, 9.17) is 0 Å². The molecule has 21 heavy (non-hydrogen) atoms. The average molecular weight is 298 g/mol. The van der Waals surface area contributed by atoms with E-state index in [-0.39, 0.29) is 18.0 Å². The maximum atomic E-state index is 11.8. The quantitative estimate of drug-likeness (QED) is 0.762. The van der Waals surface area contributed by atoms with Crippen LogP contribution in [0.15, 0.2) is 59.4 Å². The second kappa shape index (κ2) is 5.07. The monoisotopic (exact) mass is 297 g/mol. The Hall–Kier alpha value is -2.59. The number of allylic oxidation sites excluding steroid dienone is 4. The number of hydrogen-bond donors (Lipinski definition) is 2. The molecule has 3 aromatic rings. The van der Waals surface area contributed by atoms with Crippen molar-refractivity contribution >= 4 is 29.0 Å². The Morgan fingerprint density at radius 2 is 1.86 bits per heavy atom. The lowest BCUT2D eigenvalue weighted by atomic mass is 9.97. The van der Waals surface area contributed by atoms with Crippen LogP contribution in [0.1, 0.15) is 5.69 Å². The maximum Gasteiger partial charge on any atom is 0.250 e. The molecule has 4 nitrogen and oxygen atoms in total. The lowest BCUT2D eigenvalue weighted by Crippen LogP contribution is -2.04. The summed E-state index contributed by atoms with van der Waals surface area (Å²) in [5.74, 6) is 0. The van der Waals surface area contributed by atoms with Crippen molar-refractivity contribution in [3.63, 3.8) is 0 Å². The number of nitrogens with one attached hydrogen (secondary N) is 2. The first-order valence-corrected chi connectivity index (χ1v) is 6.38. The van der Waals surface area contributed by atoms with Gasteiger partial charge in [0.1, 0.15) is 0 Å². The van der Waals surface area contributed by atoms with E-state index in [0.29, 0.717) is 5.65 Å². The summed E-state index contributed by atoms with van der Waals surface area (Å²) in [6, 6.07) is 11.5. The van der Waals surface area contributed by atoms with E-state index in [9.17, 15) is 4.79 Å². The summed E-state index contributed by atoms with van der Waals surface area (Å²) >= 11 is 0. The molecule has 5 heteroatoms. The Bertz CT molecular complexity index is 920. The van der Waals surface area contributed by atoms with Crippen LogP contribution in [-0.4, -0.2) is 15.2 Å². The van der Waals surface area contributed by atoms with Crippen molar-refractivity contribution in [1.29, 1.82) is 0 Å². The molecular formula is C16H12ClN3O. The molecule has 0 amide bonds. The Morgan fingerprint density at radius 1 is 1.10 bits per heavy atom. The van der Waals surface area contributed by atoms with Gasteiger partial charge in [-0.05, 0) is 5.56 Å². The summed E-state index contributed by atoms with van der Waals surface area (Å²) in [6.07, 6.45) is 6.02. The first kappa shape index (κ1) is 13.4. The standard InChI is InChI=1S/C16H11N3O.ClH/c20-13-9-12(10-5-2-1-3-6-10)14-15(11-7-4-8-11)18-19-16(14)17-13;/h1-9H,(H2,17,18,19,20);1H. The summed E-state index contributed by atoms with van der Waals surface area (Å²) in [5.41, 5.74) is 4.39. The third-order valence-corrected chi connectivity index (χ3v) is 3.48. The van der Waals surface area contributed by atoms with Gasteiger partial charge < -0.3 is 4.98 Å². The van der Waals surface area contributed by atoms with E-state index in [1.807, 2.05) is 48.6 Å². The molecule has 1 aliphatic carbocycles. The molecule has 104 valence electrons. The Kier molecular flexibility index (Phi) is 3.23. The first-order valence-electron chi connectivity index (χ1n) is 6.38. The summed E-state index contributed by atoms with van der Waals surface area (Å²) < 4.78 is 0. The van der Waals surface area contributed by atoms with Gasteiger partial charge in [0.05, 0.1) is 11.1 Å². The lowest BCUT2D eigenvalue weighted by molar-refractivity contribution is 1.08. The third kappa shape index (κ3) is 2.10. The zero-order chi connectivity index (χ0) is 13.5. The smallest absolute Gasteiger partial charge is 0.250 e. The molecule has 2 heterocycles. The number of benzene rings is 1. The van der Waals surface area contributed by atoms with E-state index in [2.05, 4.69) is 15.2 Å². The van der Waals surface area contributed by atoms with Gasteiger partial charge in [0.2, 0.25) is 5.56 Å². The normalized spacial score (nSPS) is 12.7. The highest BCUT2D eigenvalue weighted by atomic mass is 35.5. The molecule has 1 aliphatic rings. The first-order chi connectivity index (χ1) is 9.83. The lowest BCUT2D eigenvalue weighted by Gasteiger charge is -2.08. The fourth-order valence-corrected chi connectivity index (χ4v) is 2.46. The van der Waals surface area contributed by atoms with Crippen molar-refractivity contribution in [3.05, 3.63) is 70.7 Å². The predicted molar refractivity (Wildman–Crippen MR) is 86.5 cm³/mol. The number of nitrogens with zero attached hydrogens (tertiary/aromatic N) is 1. The van der Waals surface area contributed by atoms with Crippen LogP contribution in [0.3, 0.4) is 0 Å². The summed E-state index contributed by atoms with van der Waals surface area (Å²) in [5, 5.41) is 8.18. The summed E-state index contributed by atoms with van der Waals surface area (Å²) in [7, 11) is 0. The van der Waals surface area contributed by atoms with Crippen LogP contribution < -0.4 is 5.56 Å². The van der Waals surface area contributed by atoms with Gasteiger partial charge >= 0.3 is 0 Å². The van der Waals surface area contributed by atoms with Crippen LogP contribution in [0.25, 0.3) is 27.7 Å². The minimum absolute atomic E-state index is 0. The van der Waals surface area contributed by atoms with Crippen molar-refractivity contribution < 1.29 is 0 Å². The minimum Gasteiger partial charge on any atom is -0.305 e. The van der Waals surface area contributed by atoms with E-state index < -0.39 is 0 Å². The number of fused-ring (bicyclic) bond motifs is 1. The molecule has 0 bridgehead atoms. The average Bonchev–Trinajstić information content (AvgIpc) is 2.80. The molecule has 0 fully saturated rings. The molecule has 4 rings (SSSR count). The molecule has 0 saturated heterocycles. The highest BCUT2D eigenvalue weighted by molar-refractivity contribution is 6.02. The van der Waals surface area contributed by atoms with E-state index >= 15 is 0 Å². The molecule has 0 saturated carbocycles. The van der Waals surface area contributed by atoms with Crippen molar-refractivity contribution in [1.82, 2.24) is 15.2 Å². The van der Waals surface area contributed by atoms with Crippen molar-refractivity contribution in [2.24, 2.45) is 0 Å². The molecule has 0 unspecified atom stereocenters. The fraction of sp³-hybridized carbons (Fsp3) is 0. The van der Waals surface area contributed by atoms with Gasteiger partial charge in [0, 0.05) is 17.2 Å². The maximum absolute atomic E-state index is 11.8. The highest BCUT2D eigenvalue weighted by Gasteiger charge is 2.16. The van der Waals surface area contributed by atoms with E-state index in [0.717, 1.165) is 27.8 Å². The van der Waals surface area contributed by atoms with Crippen LogP contribution in [0.4, 0.5) is 0 Å². The predicted octanol–water partition coefficient (Wildman–Crippen LogP) is 3.29. The highest BCUT2D eigenvalue weighted by Crippen LogP contribution is 2.33. The van der Waals surface area contributed by atoms with Crippen LogP contribution in [-0.2, 0) is 0 Å². The second-order valence-electron chi connectivity index (χ2n) is 4.72. The fourth-order valence-electron chi connectivity index (χ4n) is 2.46. The van der Waals surface area contributed by atoms with Crippen molar-refractivity contribution in [3.8, 4) is 11.1 Å². The Balaban J connectivity index is 0.00000132. The zero-order valence-electron chi connectivity index (χ0n) is 11.0. The number of aromatic amines is 2. The van der Waals surface area contributed by atoms with Crippen molar-refractivity contribution in [2.45, 2.75) is 0 Å². The second-order valence-corrected chi connectivity index (χ2v) is 4.72. The zero-order valence-corrected chi connectivity index (χ0v) is 11.8. The van der Waals surface area contributed by atoms with Crippen molar-refractivity contribution in [2.75, 3.05) is 0 Å². The molecule has 0 aliphatic heterocycles. The summed E-state index contributed by atoms with van der Waals surface area (Å²) in [4.78, 5) is 14.6. The van der Waals surface area contributed by atoms with Crippen LogP contribution >= 0.6 is 12.4 Å². The SMILES string of the molecule is Cl.O=c1cc(-c2ccccc2)c2c(C3=CC=C3)[nH]nc2[nH]1. The minimum atomic E-state index is -0.146. The Morgan fingerprint density at radius 3 is 2.52 bits per heavy atom. The molecule has 0 spiro atoms.